The first kappa shape index (κ1) is 45.5. The van der Waals surface area contributed by atoms with Gasteiger partial charge in [0.25, 0.3) is 17.7 Å². The third-order valence-corrected chi connectivity index (χ3v) is 15.8. The van der Waals surface area contributed by atoms with E-state index in [9.17, 15) is 24.0 Å². The maximum absolute atomic E-state index is 13.8. The summed E-state index contributed by atoms with van der Waals surface area (Å²) in [5.41, 5.74) is 12.2. The molecule has 9 heterocycles. The molecule has 0 saturated carbocycles. The smallest absolute Gasteiger partial charge is 0.262 e. The summed E-state index contributed by atoms with van der Waals surface area (Å²) in [6.45, 7) is 15.2. The third kappa shape index (κ3) is 8.40. The van der Waals surface area contributed by atoms with Gasteiger partial charge in [-0.1, -0.05) is 0 Å². The quantitative estimate of drug-likeness (QED) is 0.145. The molecular formula is C50H61N15O5. The molecule has 3 atom stereocenters. The van der Waals surface area contributed by atoms with Crippen molar-refractivity contribution >= 4 is 63.6 Å². The van der Waals surface area contributed by atoms with Crippen molar-refractivity contribution in [2.45, 2.75) is 77.4 Å². The lowest BCUT2D eigenvalue weighted by Gasteiger charge is -2.43. The molecule has 2 aromatic carbocycles. The molecule has 366 valence electrons. The number of pyridine rings is 1. The fourth-order valence-corrected chi connectivity index (χ4v) is 11.7. The second-order valence-electron chi connectivity index (χ2n) is 20.1. The predicted molar refractivity (Wildman–Crippen MR) is 264 cm³/mol. The van der Waals surface area contributed by atoms with Gasteiger partial charge in [-0.3, -0.25) is 44.2 Å². The zero-order chi connectivity index (χ0) is 48.4. The standard InChI is InChI=1S/C50H61N15O5/c1-29-26-63(42-23-34(11-16-51-42)45-39-24-35(5-8-40(39)54-55-45)52-47(68)44-30(2)59(4)50-56-57-58-65(50)31(44)3)22-21-62(29)28-33-12-17-60(18-13-33)27-32-14-19-61(20-15-32)36-6-7-37-38(25-36)49(70)64(48(37)69)41-9-10-43(66)53-46(41)67/h5-8,11,16,23-25,29,31-33,41,57-58H,9-10,12-15,17-22,26-28H2,1-4H3,(H,52,68)(H,54,55)(H,53,66,67)/t29-,31+,41?/m0/s1. The first-order valence-electron chi connectivity index (χ1n) is 24.8. The SMILES string of the molecule is CC1=C(C(=O)Nc2ccc3[nH]nc(-c4ccnc(N5CCN(CC6CCN(CC7CCN(c8ccc9c(c8)C(=O)N(C8CCC(=O)NC8=O)C9=O)CC7)CC6)[C@@H](C)C5)c4)c3c2)[C@@H](C)N2NNN=C2N1C. The van der Waals surface area contributed by atoms with Gasteiger partial charge in [-0.15, -0.1) is 10.6 Å². The lowest BCUT2D eigenvalue weighted by atomic mass is 9.92. The molecule has 7 aliphatic rings. The number of imide groups is 2. The van der Waals surface area contributed by atoms with E-state index in [1.807, 2.05) is 67.3 Å². The molecule has 0 aliphatic carbocycles. The van der Waals surface area contributed by atoms with Crippen LogP contribution in [0.4, 0.5) is 17.2 Å². The van der Waals surface area contributed by atoms with E-state index in [4.69, 9.17) is 10.1 Å². The van der Waals surface area contributed by atoms with Crippen LogP contribution in [0.3, 0.4) is 0 Å². The number of hydrogen-bond donors (Lipinski definition) is 5. The first-order chi connectivity index (χ1) is 33.9. The second kappa shape index (κ2) is 18.4. The van der Waals surface area contributed by atoms with E-state index in [1.165, 1.54) is 12.8 Å². The number of piperidine rings is 3. The van der Waals surface area contributed by atoms with Crippen LogP contribution in [0.5, 0.6) is 0 Å². The summed E-state index contributed by atoms with van der Waals surface area (Å²) < 4.78 is 0. The van der Waals surface area contributed by atoms with Crippen molar-refractivity contribution in [1.29, 1.82) is 0 Å². The zero-order valence-electron chi connectivity index (χ0n) is 40.2. The number of hydrogen-bond acceptors (Lipinski definition) is 16. The zero-order valence-corrected chi connectivity index (χ0v) is 40.2. The summed E-state index contributed by atoms with van der Waals surface area (Å²) >= 11 is 0. The van der Waals surface area contributed by atoms with Crippen LogP contribution >= 0.6 is 0 Å². The van der Waals surface area contributed by atoms with Crippen LogP contribution in [0.15, 0.2) is 71.1 Å². The fourth-order valence-electron chi connectivity index (χ4n) is 11.7. The number of hydrazine groups is 2. The van der Waals surface area contributed by atoms with Crippen molar-refractivity contribution < 1.29 is 24.0 Å². The number of nitrogens with one attached hydrogen (secondary N) is 5. The number of carbonyl (C=O) groups excluding carboxylic acids is 5. The minimum absolute atomic E-state index is 0.100. The molecule has 2 aromatic heterocycles. The Labute approximate surface area is 406 Å². The summed E-state index contributed by atoms with van der Waals surface area (Å²) in [7, 11) is 1.89. The van der Waals surface area contributed by atoms with Crippen LogP contribution in [0, 0.1) is 11.8 Å². The van der Waals surface area contributed by atoms with E-state index in [0.29, 0.717) is 46.2 Å². The van der Waals surface area contributed by atoms with Gasteiger partial charge in [0.1, 0.15) is 17.6 Å². The van der Waals surface area contributed by atoms with Crippen molar-refractivity contribution in [2.75, 3.05) is 81.1 Å². The number of likely N-dealkylation sites (tertiary alicyclic amines) is 1. The van der Waals surface area contributed by atoms with Gasteiger partial charge >= 0.3 is 0 Å². The topological polar surface area (TPSA) is 210 Å². The van der Waals surface area contributed by atoms with Crippen LogP contribution in [0.1, 0.15) is 80.0 Å². The summed E-state index contributed by atoms with van der Waals surface area (Å²) in [6, 6.07) is 14.6. The van der Waals surface area contributed by atoms with Crippen LogP contribution in [0.25, 0.3) is 22.2 Å². The van der Waals surface area contributed by atoms with Gasteiger partial charge in [-0.25, -0.2) is 15.5 Å². The number of hydrazone groups is 1. The highest BCUT2D eigenvalue weighted by molar-refractivity contribution is 6.23. The van der Waals surface area contributed by atoms with E-state index in [0.717, 1.165) is 116 Å². The first-order valence-corrected chi connectivity index (χ1v) is 24.8. The lowest BCUT2D eigenvalue weighted by molar-refractivity contribution is -0.136. The van der Waals surface area contributed by atoms with Gasteiger partial charge in [0.05, 0.1) is 28.3 Å². The monoisotopic (exact) mass is 951 g/mol. The number of amides is 5. The maximum Gasteiger partial charge on any atom is 0.262 e. The van der Waals surface area contributed by atoms with Gasteiger partial charge in [0.2, 0.25) is 17.8 Å². The molecule has 0 radical (unpaired) electrons. The van der Waals surface area contributed by atoms with E-state index in [-0.39, 0.29) is 30.7 Å². The molecule has 7 aliphatic heterocycles. The number of aromatic nitrogens is 3. The Kier molecular flexibility index (Phi) is 12.0. The Morgan fingerprint density at radius 3 is 2.39 bits per heavy atom. The number of anilines is 3. The molecule has 20 heteroatoms. The summed E-state index contributed by atoms with van der Waals surface area (Å²) in [4.78, 5) is 82.3. The van der Waals surface area contributed by atoms with Crippen molar-refractivity contribution in [1.82, 2.24) is 56.2 Å². The molecule has 70 heavy (non-hydrogen) atoms. The van der Waals surface area contributed by atoms with Crippen LogP contribution in [0.2, 0.25) is 0 Å². The van der Waals surface area contributed by atoms with Crippen LogP contribution in [-0.2, 0) is 14.4 Å². The minimum Gasteiger partial charge on any atom is -0.371 e. The molecule has 5 amide bonds. The average Bonchev–Trinajstić information content (AvgIpc) is 4.09. The molecule has 4 fully saturated rings. The number of fused-ring (bicyclic) bond motifs is 3. The Hall–Kier alpha value is -6.90. The number of H-pyrrole nitrogens is 1. The van der Waals surface area contributed by atoms with E-state index in [2.05, 4.69) is 64.5 Å². The number of allylic oxidation sites excluding steroid dienone is 1. The van der Waals surface area contributed by atoms with Gasteiger partial charge in [0.15, 0.2) is 0 Å². The molecule has 4 aromatic rings. The van der Waals surface area contributed by atoms with E-state index in [1.54, 1.807) is 12.1 Å². The highest BCUT2D eigenvalue weighted by Crippen LogP contribution is 2.35. The largest absolute Gasteiger partial charge is 0.371 e. The highest BCUT2D eigenvalue weighted by atomic mass is 16.2. The number of aromatic amines is 1. The molecule has 0 bridgehead atoms. The number of nitrogens with zero attached hydrogens (tertiary/aromatic N) is 10. The lowest BCUT2D eigenvalue weighted by Crippen LogP contribution is -2.56. The number of benzene rings is 2. The average molecular weight is 952 g/mol. The Bertz CT molecular complexity index is 2830. The molecule has 4 saturated heterocycles. The number of guanidine groups is 1. The molecule has 20 nitrogen and oxygen atoms in total. The predicted octanol–water partition coefficient (Wildman–Crippen LogP) is 3.31. The van der Waals surface area contributed by atoms with Gasteiger partial charge in [-0.05, 0) is 126 Å². The van der Waals surface area contributed by atoms with Crippen molar-refractivity contribution in [3.05, 3.63) is 77.1 Å². The normalized spacial score (nSPS) is 24.1. The maximum atomic E-state index is 13.8. The summed E-state index contributed by atoms with van der Waals surface area (Å²) in [6.07, 6.45) is 6.64. The third-order valence-electron chi connectivity index (χ3n) is 15.8. The second-order valence-corrected chi connectivity index (χ2v) is 20.1. The van der Waals surface area contributed by atoms with Crippen molar-refractivity contribution in [3.8, 4) is 11.3 Å². The number of piperazine rings is 1. The van der Waals surface area contributed by atoms with Gasteiger partial charge < -0.3 is 24.9 Å². The number of carbonyl (C=O) groups is 5. The van der Waals surface area contributed by atoms with Gasteiger partial charge in [-0.2, -0.15) is 5.10 Å². The fraction of sp³-hybridized carbons (Fsp3) is 0.480. The van der Waals surface area contributed by atoms with Crippen LogP contribution in [-0.4, -0.2) is 159 Å². The van der Waals surface area contributed by atoms with E-state index < -0.39 is 23.8 Å². The van der Waals surface area contributed by atoms with Crippen LogP contribution < -0.4 is 31.5 Å². The Balaban J connectivity index is 0.644. The van der Waals surface area contributed by atoms with Crippen molar-refractivity contribution in [3.63, 3.8) is 0 Å². The Morgan fingerprint density at radius 2 is 1.60 bits per heavy atom. The van der Waals surface area contributed by atoms with Gasteiger partial charge in [0, 0.05) is 99.5 Å². The number of rotatable bonds is 10. The highest BCUT2D eigenvalue weighted by Gasteiger charge is 2.45. The minimum atomic E-state index is -0.963. The Morgan fingerprint density at radius 1 is 0.829 bits per heavy atom. The van der Waals surface area contributed by atoms with E-state index >= 15 is 0 Å². The summed E-state index contributed by atoms with van der Waals surface area (Å²) in [5.74, 6) is 0.831. The van der Waals surface area contributed by atoms with Crippen molar-refractivity contribution in [2.24, 2.45) is 16.9 Å². The molecule has 5 N–H and O–H groups in total. The molecule has 1 unspecified atom stereocenters. The summed E-state index contributed by atoms with van der Waals surface area (Å²) in [5, 5.41) is 20.3. The molecular weight excluding hydrogens is 891 g/mol. The molecule has 11 rings (SSSR count). The molecule has 0 spiro atoms.